The molecule has 1 aliphatic heterocycles. The van der Waals surface area contributed by atoms with Crippen LogP contribution in [0.2, 0.25) is 0 Å². The largest absolute Gasteiger partial charge is 0.547 e. The first-order chi connectivity index (χ1) is 5.79. The molecule has 4 heteroatoms. The van der Waals surface area contributed by atoms with Crippen molar-refractivity contribution in [2.45, 2.75) is 12.2 Å². The Labute approximate surface area is 75.7 Å². The summed E-state index contributed by atoms with van der Waals surface area (Å²) in [6.45, 7) is 0. The number of aliphatic carboxylic acids is 1. The van der Waals surface area contributed by atoms with Crippen molar-refractivity contribution in [1.82, 2.24) is 6.15 Å². The summed E-state index contributed by atoms with van der Waals surface area (Å²) in [5.74, 6) is -1.14. The van der Waals surface area contributed by atoms with E-state index in [4.69, 9.17) is 4.74 Å². The van der Waals surface area contributed by atoms with E-state index in [0.717, 1.165) is 5.56 Å². The monoisotopic (exact) mass is 181 g/mol. The minimum atomic E-state index is -1.14. The molecule has 0 radical (unpaired) electrons. The van der Waals surface area contributed by atoms with Crippen molar-refractivity contribution in [3.05, 3.63) is 35.9 Å². The molecule has 2 rings (SSSR count). The molecule has 0 saturated carbocycles. The molecule has 2 atom stereocenters. The third kappa shape index (κ3) is 1.85. The van der Waals surface area contributed by atoms with Gasteiger partial charge >= 0.3 is 0 Å². The molecular weight excluding hydrogens is 170 g/mol. The average Bonchev–Trinajstić information content (AvgIpc) is 2.84. The van der Waals surface area contributed by atoms with Crippen LogP contribution in [0.5, 0.6) is 0 Å². The number of ether oxygens (including phenoxy) is 1. The number of carboxylic acid groups (broad SMARTS) is 1. The summed E-state index contributed by atoms with van der Waals surface area (Å²) in [6.07, 6.45) is -1.04. The number of carbonyl (C=O) groups is 1. The predicted molar refractivity (Wildman–Crippen MR) is 45.0 cm³/mol. The predicted octanol–water partition coefficient (Wildman–Crippen LogP) is 0.253. The Morgan fingerprint density at radius 2 is 1.92 bits per heavy atom. The van der Waals surface area contributed by atoms with Crippen LogP contribution in [0.25, 0.3) is 0 Å². The second-order valence-electron chi connectivity index (χ2n) is 2.71. The third-order valence-electron chi connectivity index (χ3n) is 1.85. The van der Waals surface area contributed by atoms with Crippen LogP contribution in [-0.4, -0.2) is 12.1 Å². The normalized spacial score (nSPS) is 24.6. The zero-order valence-electron chi connectivity index (χ0n) is 7.27. The summed E-state index contributed by atoms with van der Waals surface area (Å²) in [5.41, 5.74) is 0.895. The minimum absolute atomic E-state index is 0. The van der Waals surface area contributed by atoms with Gasteiger partial charge in [-0.3, -0.25) is 0 Å². The van der Waals surface area contributed by atoms with Gasteiger partial charge in [-0.15, -0.1) is 0 Å². The standard InChI is InChI=1S/C9H8O3.H3N/c10-9(11)8-7(12-8)6-4-2-1-3-5-6;/h1-5,7-8H,(H,10,11);1H3. The van der Waals surface area contributed by atoms with Gasteiger partial charge in [-0.2, -0.15) is 0 Å². The second-order valence-corrected chi connectivity index (χ2v) is 2.71. The van der Waals surface area contributed by atoms with Gasteiger partial charge in [-0.25, -0.2) is 0 Å². The lowest BCUT2D eigenvalue weighted by Gasteiger charge is -1.95. The molecule has 0 bridgehead atoms. The Bertz CT molecular complexity index is 299. The van der Waals surface area contributed by atoms with Crippen LogP contribution in [0.3, 0.4) is 0 Å². The van der Waals surface area contributed by atoms with Crippen molar-refractivity contribution in [2.75, 3.05) is 0 Å². The van der Waals surface area contributed by atoms with Crippen LogP contribution < -0.4 is 11.3 Å². The van der Waals surface area contributed by atoms with Gasteiger partial charge in [-0.05, 0) is 5.56 Å². The van der Waals surface area contributed by atoms with Crippen molar-refractivity contribution in [1.29, 1.82) is 0 Å². The summed E-state index contributed by atoms with van der Waals surface area (Å²) in [4.78, 5) is 10.3. The summed E-state index contributed by atoms with van der Waals surface area (Å²) >= 11 is 0. The lowest BCUT2D eigenvalue weighted by molar-refractivity contribution is -0.307. The lowest BCUT2D eigenvalue weighted by atomic mass is 10.1. The van der Waals surface area contributed by atoms with Crippen LogP contribution in [0.1, 0.15) is 11.7 Å². The summed E-state index contributed by atoms with van der Waals surface area (Å²) in [7, 11) is 0. The highest BCUT2D eigenvalue weighted by atomic mass is 16.6. The van der Waals surface area contributed by atoms with E-state index in [2.05, 4.69) is 0 Å². The van der Waals surface area contributed by atoms with Crippen molar-refractivity contribution < 1.29 is 14.6 Å². The topological polar surface area (TPSA) is 89.2 Å². The Kier molecular flexibility index (Phi) is 2.65. The van der Waals surface area contributed by atoms with Gasteiger partial charge in [0.2, 0.25) is 0 Å². The van der Waals surface area contributed by atoms with Crippen molar-refractivity contribution in [2.24, 2.45) is 0 Å². The molecule has 0 spiro atoms. The number of rotatable bonds is 2. The van der Waals surface area contributed by atoms with Crippen LogP contribution >= 0.6 is 0 Å². The molecule has 1 aromatic rings. The fraction of sp³-hybridized carbons (Fsp3) is 0.222. The summed E-state index contributed by atoms with van der Waals surface area (Å²) in [5, 5.41) is 10.3. The van der Waals surface area contributed by atoms with E-state index in [1.165, 1.54) is 0 Å². The van der Waals surface area contributed by atoms with E-state index in [9.17, 15) is 9.90 Å². The summed E-state index contributed by atoms with van der Waals surface area (Å²) < 4.78 is 4.90. The maximum Gasteiger partial charge on any atom is 0.128 e. The molecule has 1 fully saturated rings. The summed E-state index contributed by atoms with van der Waals surface area (Å²) in [6, 6.07) is 9.26. The number of epoxide rings is 1. The highest BCUT2D eigenvalue weighted by molar-refractivity contribution is 5.74. The molecule has 1 aliphatic rings. The molecule has 70 valence electrons. The highest BCUT2D eigenvalue weighted by Crippen LogP contribution is 2.37. The van der Waals surface area contributed by atoms with Crippen molar-refractivity contribution in [3.8, 4) is 0 Å². The average molecular weight is 181 g/mol. The van der Waals surface area contributed by atoms with Gasteiger partial charge in [-0.1, -0.05) is 30.3 Å². The highest BCUT2D eigenvalue weighted by Gasteiger charge is 2.40. The molecule has 13 heavy (non-hydrogen) atoms. The molecule has 1 saturated heterocycles. The number of carbonyl (C=O) groups excluding carboxylic acids is 1. The maximum absolute atomic E-state index is 10.3. The number of quaternary nitrogens is 1. The number of carboxylic acids is 1. The van der Waals surface area contributed by atoms with Gasteiger partial charge < -0.3 is 20.8 Å². The smallest absolute Gasteiger partial charge is 0.128 e. The molecule has 4 nitrogen and oxygen atoms in total. The Morgan fingerprint density at radius 3 is 2.38 bits per heavy atom. The van der Waals surface area contributed by atoms with Crippen LogP contribution in [0, 0.1) is 0 Å². The first-order valence-electron chi connectivity index (χ1n) is 3.70. The molecule has 4 N–H and O–H groups in total. The molecule has 2 unspecified atom stereocenters. The zero-order valence-corrected chi connectivity index (χ0v) is 7.27. The molecule has 1 aromatic carbocycles. The van der Waals surface area contributed by atoms with E-state index >= 15 is 0 Å². The fourth-order valence-corrected chi connectivity index (χ4v) is 1.19. The van der Waals surface area contributed by atoms with Crippen LogP contribution in [0.15, 0.2) is 30.3 Å². The SMILES string of the molecule is O=C([O-])C1OC1c1ccccc1.[NH4+]. The van der Waals surface area contributed by atoms with E-state index < -0.39 is 12.1 Å². The zero-order chi connectivity index (χ0) is 8.55. The number of hydrogen-bond acceptors (Lipinski definition) is 3. The Morgan fingerprint density at radius 1 is 1.31 bits per heavy atom. The second kappa shape index (κ2) is 3.55. The molecular formula is C9H11NO3. The van der Waals surface area contributed by atoms with Crippen molar-refractivity contribution in [3.63, 3.8) is 0 Å². The van der Waals surface area contributed by atoms with Crippen LogP contribution in [-0.2, 0) is 9.53 Å². The molecule has 1 heterocycles. The van der Waals surface area contributed by atoms with E-state index in [1.807, 2.05) is 30.3 Å². The van der Waals surface area contributed by atoms with Gasteiger partial charge in [0.1, 0.15) is 12.2 Å². The van der Waals surface area contributed by atoms with Gasteiger partial charge in [0.25, 0.3) is 0 Å². The quantitative estimate of drug-likeness (QED) is 0.663. The molecule has 0 aromatic heterocycles. The Hall–Kier alpha value is -1.39. The fourth-order valence-electron chi connectivity index (χ4n) is 1.19. The van der Waals surface area contributed by atoms with E-state index in [0.29, 0.717) is 0 Å². The third-order valence-corrected chi connectivity index (χ3v) is 1.85. The first kappa shape index (κ1) is 9.70. The van der Waals surface area contributed by atoms with Crippen LogP contribution in [0.4, 0.5) is 0 Å². The number of benzene rings is 1. The van der Waals surface area contributed by atoms with Gasteiger partial charge in [0.05, 0.1) is 5.97 Å². The van der Waals surface area contributed by atoms with E-state index in [-0.39, 0.29) is 12.3 Å². The molecule has 0 amide bonds. The minimum Gasteiger partial charge on any atom is -0.547 e. The maximum atomic E-state index is 10.3. The molecule has 0 aliphatic carbocycles. The van der Waals surface area contributed by atoms with Gasteiger partial charge in [0, 0.05) is 0 Å². The van der Waals surface area contributed by atoms with E-state index in [1.54, 1.807) is 0 Å². The van der Waals surface area contributed by atoms with Crippen molar-refractivity contribution >= 4 is 5.97 Å². The first-order valence-corrected chi connectivity index (χ1v) is 3.70. The lowest BCUT2D eigenvalue weighted by Crippen LogP contribution is -2.28. The Balaban J connectivity index is 0.000000845. The van der Waals surface area contributed by atoms with Gasteiger partial charge in [0.15, 0.2) is 0 Å². The number of hydrogen-bond donors (Lipinski definition) is 1.